The highest BCUT2D eigenvalue weighted by atomic mass is 32.2. The second kappa shape index (κ2) is 8.28. The molecule has 9 heteroatoms. The molecule has 0 atom stereocenters. The normalized spacial score (nSPS) is 11.7. The minimum absolute atomic E-state index is 0.0772. The van der Waals surface area contributed by atoms with Gasteiger partial charge >= 0.3 is 0 Å². The van der Waals surface area contributed by atoms with Gasteiger partial charge in [0.15, 0.2) is 0 Å². The molecule has 0 aliphatic rings. The Hall–Kier alpha value is -2.41. The van der Waals surface area contributed by atoms with Gasteiger partial charge in [-0.3, -0.25) is 4.79 Å². The number of likely N-dealkylation sites (N-methyl/N-ethyl adjacent to an activating group) is 1. The third kappa shape index (κ3) is 5.71. The molecule has 23 heavy (non-hydrogen) atoms. The second-order valence-electron chi connectivity index (χ2n) is 4.53. The van der Waals surface area contributed by atoms with Crippen LogP contribution in [0.25, 0.3) is 0 Å². The van der Waals surface area contributed by atoms with Crippen molar-refractivity contribution in [2.45, 2.75) is 11.8 Å². The number of benzene rings is 1. The average molecular weight is 338 g/mol. The molecule has 0 aliphatic heterocycles. The van der Waals surface area contributed by atoms with E-state index in [2.05, 4.69) is 5.32 Å². The maximum absolute atomic E-state index is 12.0. The zero-order valence-electron chi connectivity index (χ0n) is 12.6. The molecule has 0 heterocycles. The molecule has 0 radical (unpaired) electrons. The Balaban J connectivity index is 2.89. The number of amides is 1. The number of carbonyl (C=O) groups excluding carboxylic acids is 1. The van der Waals surface area contributed by atoms with Crippen molar-refractivity contribution in [1.29, 1.82) is 5.26 Å². The lowest BCUT2D eigenvalue weighted by atomic mass is 10.2. The Kier molecular flexibility index (Phi) is 6.71. The predicted octanol–water partition coefficient (Wildman–Crippen LogP) is -0.00582. The molecule has 0 aliphatic carbocycles. The lowest BCUT2D eigenvalue weighted by molar-refractivity contribution is -0.112. The topological polar surface area (TPSA) is 137 Å². The maximum Gasteiger partial charge on any atom is 0.267 e. The monoisotopic (exact) mass is 338 g/mol. The van der Waals surface area contributed by atoms with Gasteiger partial charge in [0.05, 0.1) is 11.5 Å². The van der Waals surface area contributed by atoms with Gasteiger partial charge < -0.3 is 15.3 Å². The third-order valence-corrected chi connectivity index (χ3v) is 3.84. The first kappa shape index (κ1) is 18.6. The lowest BCUT2D eigenvalue weighted by Gasteiger charge is -2.17. The molecule has 8 nitrogen and oxygen atoms in total. The molecular weight excluding hydrogens is 320 g/mol. The number of carbonyl (C=O) groups is 1. The van der Waals surface area contributed by atoms with Crippen LogP contribution in [0.5, 0.6) is 0 Å². The van der Waals surface area contributed by atoms with Crippen molar-refractivity contribution in [3.63, 3.8) is 0 Å². The summed E-state index contributed by atoms with van der Waals surface area (Å²) in [6, 6.07) is 7.05. The van der Waals surface area contributed by atoms with E-state index in [4.69, 9.17) is 15.5 Å². The smallest absolute Gasteiger partial charge is 0.267 e. The third-order valence-electron chi connectivity index (χ3n) is 2.91. The summed E-state index contributed by atoms with van der Waals surface area (Å²) in [5, 5.41) is 25.5. The van der Waals surface area contributed by atoms with Gasteiger partial charge in [-0.05, 0) is 31.2 Å². The molecule has 1 aromatic carbocycles. The zero-order valence-corrected chi connectivity index (χ0v) is 13.4. The van der Waals surface area contributed by atoms with E-state index >= 15 is 0 Å². The number of anilines is 1. The number of nitriles is 1. The summed E-state index contributed by atoms with van der Waals surface area (Å²) >= 11 is 0. The zero-order chi connectivity index (χ0) is 17.5. The Labute approximate surface area is 134 Å². The number of aliphatic hydroxyl groups is 1. The first-order valence-electron chi connectivity index (χ1n) is 6.72. The molecule has 0 fully saturated rings. The van der Waals surface area contributed by atoms with Gasteiger partial charge in [-0.25, -0.2) is 13.6 Å². The van der Waals surface area contributed by atoms with Crippen LogP contribution in [0.3, 0.4) is 0 Å². The highest BCUT2D eigenvalue weighted by molar-refractivity contribution is 7.89. The molecule has 0 aromatic heterocycles. The summed E-state index contributed by atoms with van der Waals surface area (Å²) in [6.45, 7) is 2.56. The minimum atomic E-state index is -3.80. The van der Waals surface area contributed by atoms with Crippen LogP contribution in [0.4, 0.5) is 5.69 Å². The molecule has 0 saturated carbocycles. The van der Waals surface area contributed by atoms with Crippen molar-refractivity contribution >= 4 is 21.6 Å². The fourth-order valence-electron chi connectivity index (χ4n) is 1.69. The van der Waals surface area contributed by atoms with Gasteiger partial charge in [0.1, 0.15) is 11.6 Å². The van der Waals surface area contributed by atoms with E-state index in [1.165, 1.54) is 30.5 Å². The summed E-state index contributed by atoms with van der Waals surface area (Å²) in [5.74, 6) is -0.632. The van der Waals surface area contributed by atoms with Crippen LogP contribution in [0.15, 0.2) is 40.9 Å². The van der Waals surface area contributed by atoms with Crippen LogP contribution in [-0.2, 0) is 14.8 Å². The summed E-state index contributed by atoms with van der Waals surface area (Å²) in [6.07, 6.45) is 1.37. The summed E-state index contributed by atoms with van der Waals surface area (Å²) in [4.78, 5) is 13.6. The number of rotatable bonds is 7. The first-order valence-corrected chi connectivity index (χ1v) is 8.27. The Bertz CT molecular complexity index is 720. The molecular formula is C14H18N4O4S. The number of aliphatic hydroxyl groups excluding tert-OH is 1. The van der Waals surface area contributed by atoms with Gasteiger partial charge in [0.25, 0.3) is 5.91 Å². The van der Waals surface area contributed by atoms with E-state index in [0.29, 0.717) is 18.8 Å². The summed E-state index contributed by atoms with van der Waals surface area (Å²) < 4.78 is 22.3. The molecule has 1 rings (SSSR count). The molecule has 4 N–H and O–H groups in total. The molecule has 0 bridgehead atoms. The van der Waals surface area contributed by atoms with E-state index < -0.39 is 15.9 Å². The number of primary sulfonamides is 1. The first-order chi connectivity index (χ1) is 10.8. The summed E-state index contributed by atoms with van der Waals surface area (Å²) in [5.41, 5.74) is 0.199. The number of hydrogen-bond donors (Lipinski definition) is 3. The van der Waals surface area contributed by atoms with Gasteiger partial charge in [0.2, 0.25) is 10.0 Å². The standard InChI is InChI=1S/C14H18N4O4S/c1-2-18(7-8-19)10-11(9-15)14(20)17-12-3-5-13(6-4-12)23(16,21)22/h3-6,10,19H,2,7-8H2,1H3,(H,17,20)(H2,16,21,22)/b11-10-. The molecule has 0 unspecified atom stereocenters. The minimum Gasteiger partial charge on any atom is -0.395 e. The van der Waals surface area contributed by atoms with E-state index in [1.54, 1.807) is 11.0 Å². The fourth-order valence-corrected chi connectivity index (χ4v) is 2.21. The van der Waals surface area contributed by atoms with Crippen molar-refractivity contribution in [2.24, 2.45) is 5.14 Å². The van der Waals surface area contributed by atoms with Crippen LogP contribution in [0, 0.1) is 11.3 Å². The maximum atomic E-state index is 12.0. The van der Waals surface area contributed by atoms with Crippen molar-refractivity contribution in [2.75, 3.05) is 25.0 Å². The van der Waals surface area contributed by atoms with E-state index in [0.717, 1.165) is 0 Å². The molecule has 0 saturated heterocycles. The van der Waals surface area contributed by atoms with Crippen molar-refractivity contribution in [3.8, 4) is 6.07 Å². The number of nitrogens with zero attached hydrogens (tertiary/aromatic N) is 2. The molecule has 1 amide bonds. The van der Waals surface area contributed by atoms with Crippen molar-refractivity contribution in [3.05, 3.63) is 36.0 Å². The van der Waals surface area contributed by atoms with Gasteiger partial charge in [-0.2, -0.15) is 5.26 Å². The van der Waals surface area contributed by atoms with E-state index in [-0.39, 0.29) is 17.1 Å². The summed E-state index contributed by atoms with van der Waals surface area (Å²) in [7, 11) is -3.80. The molecule has 0 spiro atoms. The van der Waals surface area contributed by atoms with E-state index in [1.807, 2.05) is 6.92 Å². The largest absolute Gasteiger partial charge is 0.395 e. The average Bonchev–Trinajstić information content (AvgIpc) is 2.50. The molecule has 124 valence electrons. The molecule has 1 aromatic rings. The van der Waals surface area contributed by atoms with Crippen LogP contribution in [0.2, 0.25) is 0 Å². The number of nitrogens with two attached hydrogens (primary N) is 1. The highest BCUT2D eigenvalue weighted by Gasteiger charge is 2.12. The fraction of sp³-hybridized carbons (Fsp3) is 0.286. The van der Waals surface area contributed by atoms with Crippen LogP contribution >= 0.6 is 0 Å². The number of hydrogen-bond acceptors (Lipinski definition) is 6. The van der Waals surface area contributed by atoms with Crippen LogP contribution < -0.4 is 10.5 Å². The van der Waals surface area contributed by atoms with Crippen molar-refractivity contribution in [1.82, 2.24) is 4.90 Å². The highest BCUT2D eigenvalue weighted by Crippen LogP contribution is 2.13. The van der Waals surface area contributed by atoms with Gasteiger partial charge in [-0.15, -0.1) is 0 Å². The second-order valence-corrected chi connectivity index (χ2v) is 6.09. The predicted molar refractivity (Wildman–Crippen MR) is 84.5 cm³/mol. The van der Waals surface area contributed by atoms with Crippen LogP contribution in [-0.4, -0.2) is 44.0 Å². The lowest BCUT2D eigenvalue weighted by Crippen LogP contribution is -2.23. The SMILES string of the molecule is CCN(/C=C(/C#N)C(=O)Nc1ccc(S(N)(=O)=O)cc1)CCO. The Morgan fingerprint density at radius 3 is 2.48 bits per heavy atom. The van der Waals surface area contributed by atoms with Crippen molar-refractivity contribution < 1.29 is 18.3 Å². The van der Waals surface area contributed by atoms with E-state index in [9.17, 15) is 13.2 Å². The van der Waals surface area contributed by atoms with Crippen LogP contribution in [0.1, 0.15) is 6.92 Å². The van der Waals surface area contributed by atoms with Gasteiger partial charge in [-0.1, -0.05) is 0 Å². The number of nitrogens with one attached hydrogen (secondary N) is 1. The number of sulfonamides is 1. The van der Waals surface area contributed by atoms with Gasteiger partial charge in [0, 0.05) is 25.0 Å². The Morgan fingerprint density at radius 2 is 2.04 bits per heavy atom. The quantitative estimate of drug-likeness (QED) is 0.472. The Morgan fingerprint density at radius 1 is 1.43 bits per heavy atom.